The van der Waals surface area contributed by atoms with Crippen molar-refractivity contribution in [2.45, 2.75) is 25.4 Å². The summed E-state index contributed by atoms with van der Waals surface area (Å²) in [4.78, 5) is 27.2. The van der Waals surface area contributed by atoms with Crippen molar-refractivity contribution in [3.8, 4) is 17.2 Å². The fourth-order valence-corrected chi connectivity index (χ4v) is 3.86. The molecule has 0 spiro atoms. The van der Waals surface area contributed by atoms with E-state index in [0.29, 0.717) is 44.1 Å². The fourth-order valence-electron chi connectivity index (χ4n) is 3.86. The molecule has 0 radical (unpaired) electrons. The number of rotatable bonds is 10. The average molecular weight is 442 g/mol. The Hall–Kier alpha value is -3.26. The van der Waals surface area contributed by atoms with E-state index in [4.69, 9.17) is 14.2 Å². The number of piperazine rings is 1. The molecule has 0 aliphatic carbocycles. The molecule has 32 heavy (non-hydrogen) atoms. The molecule has 0 aromatic heterocycles. The topological polar surface area (TPSA) is 89.1 Å². The van der Waals surface area contributed by atoms with E-state index in [2.05, 4.69) is 10.6 Å². The van der Waals surface area contributed by atoms with Gasteiger partial charge in [0.05, 0.1) is 33.8 Å². The van der Waals surface area contributed by atoms with Gasteiger partial charge in [0.15, 0.2) is 0 Å². The Bertz CT molecular complexity index is 911. The zero-order chi connectivity index (χ0) is 22.9. The lowest BCUT2D eigenvalue weighted by Gasteiger charge is -2.34. The molecule has 1 atom stereocenters. The number of hydrogen-bond donors (Lipinski definition) is 2. The second kappa shape index (κ2) is 11.4. The first-order valence-electron chi connectivity index (χ1n) is 10.7. The van der Waals surface area contributed by atoms with E-state index in [1.165, 1.54) is 0 Å². The summed E-state index contributed by atoms with van der Waals surface area (Å²) >= 11 is 0. The standard InChI is InChI=1S/C24H31N3O5/c1-30-19-12-17(13-20(14-19)31-2)16-27-11-10-26-24(29)21(27)15-23(28)25-9-8-18-6-4-5-7-22(18)32-3/h4-7,12-14,21H,8-11,15-16H2,1-3H3,(H,25,28)(H,26,29). The Morgan fingerprint density at radius 3 is 2.50 bits per heavy atom. The first-order chi connectivity index (χ1) is 15.5. The zero-order valence-corrected chi connectivity index (χ0v) is 18.8. The number of benzene rings is 2. The Morgan fingerprint density at radius 1 is 1.09 bits per heavy atom. The Morgan fingerprint density at radius 2 is 1.81 bits per heavy atom. The van der Waals surface area contributed by atoms with Gasteiger partial charge in [0.25, 0.3) is 0 Å². The van der Waals surface area contributed by atoms with Crippen LogP contribution in [0.4, 0.5) is 0 Å². The molecule has 2 aromatic carbocycles. The van der Waals surface area contributed by atoms with E-state index in [9.17, 15) is 9.59 Å². The second-order valence-electron chi connectivity index (χ2n) is 7.61. The van der Waals surface area contributed by atoms with Crippen molar-refractivity contribution in [2.75, 3.05) is 41.0 Å². The maximum absolute atomic E-state index is 12.6. The van der Waals surface area contributed by atoms with Crippen molar-refractivity contribution in [3.63, 3.8) is 0 Å². The number of nitrogens with zero attached hydrogens (tertiary/aromatic N) is 1. The van der Waals surface area contributed by atoms with Crippen molar-refractivity contribution >= 4 is 11.8 Å². The van der Waals surface area contributed by atoms with Gasteiger partial charge in [0, 0.05) is 32.2 Å². The van der Waals surface area contributed by atoms with Gasteiger partial charge in [-0.15, -0.1) is 0 Å². The van der Waals surface area contributed by atoms with Crippen LogP contribution >= 0.6 is 0 Å². The summed E-state index contributed by atoms with van der Waals surface area (Å²) in [6.45, 7) is 2.19. The number of carbonyl (C=O) groups excluding carboxylic acids is 2. The highest BCUT2D eigenvalue weighted by molar-refractivity contribution is 5.88. The molecule has 2 N–H and O–H groups in total. The molecule has 1 saturated heterocycles. The summed E-state index contributed by atoms with van der Waals surface area (Å²) in [6, 6.07) is 12.8. The van der Waals surface area contributed by atoms with Crippen LogP contribution in [0.2, 0.25) is 0 Å². The highest BCUT2D eigenvalue weighted by Crippen LogP contribution is 2.24. The summed E-state index contributed by atoms with van der Waals surface area (Å²) in [7, 11) is 4.84. The summed E-state index contributed by atoms with van der Waals surface area (Å²) in [6.07, 6.45) is 0.749. The summed E-state index contributed by atoms with van der Waals surface area (Å²) in [5.41, 5.74) is 1.98. The van der Waals surface area contributed by atoms with Crippen LogP contribution in [0.1, 0.15) is 17.5 Å². The Balaban J connectivity index is 1.60. The third-order valence-electron chi connectivity index (χ3n) is 5.53. The zero-order valence-electron chi connectivity index (χ0n) is 18.8. The largest absolute Gasteiger partial charge is 0.497 e. The number of methoxy groups -OCH3 is 3. The van der Waals surface area contributed by atoms with Crippen LogP contribution in [-0.2, 0) is 22.6 Å². The molecule has 1 heterocycles. The van der Waals surface area contributed by atoms with Crippen LogP contribution in [0.25, 0.3) is 0 Å². The van der Waals surface area contributed by atoms with E-state index < -0.39 is 6.04 Å². The average Bonchev–Trinajstić information content (AvgIpc) is 2.81. The van der Waals surface area contributed by atoms with Gasteiger partial charge < -0.3 is 24.8 Å². The van der Waals surface area contributed by atoms with Gasteiger partial charge in [-0.05, 0) is 35.7 Å². The fraction of sp³-hybridized carbons (Fsp3) is 0.417. The van der Waals surface area contributed by atoms with Crippen LogP contribution in [0, 0.1) is 0 Å². The van der Waals surface area contributed by atoms with Gasteiger partial charge in [-0.3, -0.25) is 14.5 Å². The third-order valence-corrected chi connectivity index (χ3v) is 5.53. The predicted octanol–water partition coefficient (Wildman–Crippen LogP) is 1.76. The molecule has 3 rings (SSSR count). The third kappa shape index (κ3) is 6.13. The molecule has 8 nitrogen and oxygen atoms in total. The second-order valence-corrected chi connectivity index (χ2v) is 7.61. The molecule has 1 aliphatic rings. The molecule has 2 amide bonds. The van der Waals surface area contributed by atoms with Crippen molar-refractivity contribution in [2.24, 2.45) is 0 Å². The number of hydrogen-bond acceptors (Lipinski definition) is 6. The van der Waals surface area contributed by atoms with Gasteiger partial charge in [-0.1, -0.05) is 18.2 Å². The van der Waals surface area contributed by atoms with Crippen molar-refractivity contribution < 1.29 is 23.8 Å². The van der Waals surface area contributed by atoms with E-state index >= 15 is 0 Å². The number of amides is 2. The van der Waals surface area contributed by atoms with Crippen LogP contribution in [0.15, 0.2) is 42.5 Å². The number of nitrogens with one attached hydrogen (secondary N) is 2. The Labute approximate surface area is 188 Å². The predicted molar refractivity (Wildman–Crippen MR) is 121 cm³/mol. The molecule has 0 saturated carbocycles. The molecule has 1 fully saturated rings. The SMILES string of the molecule is COc1cc(CN2CCNC(=O)C2CC(=O)NCCc2ccccc2OC)cc(OC)c1. The maximum atomic E-state index is 12.6. The number of carbonyl (C=O) groups is 2. The van der Waals surface area contributed by atoms with Gasteiger partial charge in [0.1, 0.15) is 17.2 Å². The van der Waals surface area contributed by atoms with Crippen molar-refractivity contribution in [1.82, 2.24) is 15.5 Å². The molecule has 1 unspecified atom stereocenters. The van der Waals surface area contributed by atoms with Gasteiger partial charge >= 0.3 is 0 Å². The van der Waals surface area contributed by atoms with Gasteiger partial charge in [-0.25, -0.2) is 0 Å². The van der Waals surface area contributed by atoms with E-state index in [-0.39, 0.29) is 18.2 Å². The molecular weight excluding hydrogens is 410 g/mol. The van der Waals surface area contributed by atoms with E-state index in [1.807, 2.05) is 41.3 Å². The normalized spacial score (nSPS) is 16.2. The number of para-hydroxylation sites is 1. The molecule has 1 aliphatic heterocycles. The quantitative estimate of drug-likeness (QED) is 0.584. The molecule has 8 heteroatoms. The maximum Gasteiger partial charge on any atom is 0.237 e. The van der Waals surface area contributed by atoms with Crippen LogP contribution in [0.3, 0.4) is 0 Å². The first kappa shape index (κ1) is 23.4. The lowest BCUT2D eigenvalue weighted by Crippen LogP contribution is -2.56. The van der Waals surface area contributed by atoms with Crippen molar-refractivity contribution in [3.05, 3.63) is 53.6 Å². The minimum Gasteiger partial charge on any atom is -0.497 e. The highest BCUT2D eigenvalue weighted by atomic mass is 16.5. The van der Waals surface area contributed by atoms with Gasteiger partial charge in [0.2, 0.25) is 11.8 Å². The van der Waals surface area contributed by atoms with Gasteiger partial charge in [-0.2, -0.15) is 0 Å². The molecule has 0 bridgehead atoms. The van der Waals surface area contributed by atoms with E-state index in [1.54, 1.807) is 27.4 Å². The first-order valence-corrected chi connectivity index (χ1v) is 10.7. The highest BCUT2D eigenvalue weighted by Gasteiger charge is 2.31. The molecule has 2 aromatic rings. The molecule has 172 valence electrons. The van der Waals surface area contributed by atoms with E-state index in [0.717, 1.165) is 16.9 Å². The summed E-state index contributed by atoms with van der Waals surface area (Å²) in [5.74, 6) is 1.88. The summed E-state index contributed by atoms with van der Waals surface area (Å²) in [5, 5.41) is 5.80. The number of ether oxygens (including phenoxy) is 3. The van der Waals surface area contributed by atoms with Crippen LogP contribution in [0.5, 0.6) is 17.2 Å². The van der Waals surface area contributed by atoms with Crippen molar-refractivity contribution in [1.29, 1.82) is 0 Å². The smallest absolute Gasteiger partial charge is 0.237 e. The minimum absolute atomic E-state index is 0.0961. The summed E-state index contributed by atoms with van der Waals surface area (Å²) < 4.78 is 16.0. The lowest BCUT2D eigenvalue weighted by atomic mass is 10.1. The van der Waals surface area contributed by atoms with Crippen LogP contribution < -0.4 is 24.8 Å². The minimum atomic E-state index is -0.535. The lowest BCUT2D eigenvalue weighted by molar-refractivity contribution is -0.134. The van der Waals surface area contributed by atoms with Crippen LogP contribution in [-0.4, -0.2) is 63.7 Å². The Kier molecular flexibility index (Phi) is 8.33. The monoisotopic (exact) mass is 441 g/mol. The molecular formula is C24H31N3O5.